The first-order valence-corrected chi connectivity index (χ1v) is 8.94. The van der Waals surface area contributed by atoms with E-state index in [1.807, 2.05) is 29.9 Å². The van der Waals surface area contributed by atoms with Gasteiger partial charge in [-0.3, -0.25) is 4.79 Å². The lowest BCUT2D eigenvalue weighted by molar-refractivity contribution is -0.116. The van der Waals surface area contributed by atoms with Gasteiger partial charge in [0.25, 0.3) is 0 Å². The third-order valence-corrected chi connectivity index (χ3v) is 3.98. The van der Waals surface area contributed by atoms with Gasteiger partial charge in [-0.15, -0.1) is 0 Å². The molecule has 2 heterocycles. The van der Waals surface area contributed by atoms with Gasteiger partial charge in [-0.2, -0.15) is 4.98 Å². The van der Waals surface area contributed by atoms with Crippen LogP contribution >= 0.6 is 0 Å². The third kappa shape index (κ3) is 5.40. The minimum atomic E-state index is -0.105. The normalized spacial score (nSPS) is 10.7. The summed E-state index contributed by atoms with van der Waals surface area (Å²) in [5, 5.41) is 6.73. The van der Waals surface area contributed by atoms with Crippen LogP contribution in [-0.2, 0) is 31.3 Å². The van der Waals surface area contributed by atoms with Crippen molar-refractivity contribution in [3.63, 3.8) is 0 Å². The lowest BCUT2D eigenvalue weighted by Gasteiger charge is -2.08. The summed E-state index contributed by atoms with van der Waals surface area (Å²) < 4.78 is 12.7. The van der Waals surface area contributed by atoms with Gasteiger partial charge < -0.3 is 19.1 Å². The fraction of sp³-hybridized carbons (Fsp3) is 0.368. The lowest BCUT2D eigenvalue weighted by Crippen LogP contribution is -2.12. The van der Waals surface area contributed by atoms with Crippen LogP contribution in [-0.4, -0.2) is 25.6 Å². The quantitative estimate of drug-likeness (QED) is 0.623. The second-order valence-corrected chi connectivity index (χ2v) is 6.17. The fourth-order valence-corrected chi connectivity index (χ4v) is 2.48. The zero-order valence-electron chi connectivity index (χ0n) is 15.5. The molecule has 3 rings (SSSR count). The van der Waals surface area contributed by atoms with Gasteiger partial charge in [0.1, 0.15) is 18.2 Å². The molecule has 2 aromatic heterocycles. The topological polar surface area (TPSA) is 95.1 Å². The molecular formula is C19H23N5O3. The number of ether oxygens (including phenoxy) is 1. The minimum Gasteiger partial charge on any atom is -0.486 e. The first-order chi connectivity index (χ1) is 13.1. The second kappa shape index (κ2) is 8.98. The number of carbonyl (C=O) groups excluding carboxylic acids is 1. The number of aryl methyl sites for hydroxylation is 3. The Balaban J connectivity index is 1.44. The van der Waals surface area contributed by atoms with Gasteiger partial charge in [-0.1, -0.05) is 12.1 Å². The smallest absolute Gasteiger partial charge is 0.227 e. The number of carbonyl (C=O) groups is 1. The summed E-state index contributed by atoms with van der Waals surface area (Å²) in [6.45, 7) is 2.44. The number of aromatic nitrogens is 4. The number of benzene rings is 1. The summed E-state index contributed by atoms with van der Waals surface area (Å²) in [5.41, 5.74) is 0.710. The van der Waals surface area contributed by atoms with Crippen molar-refractivity contribution in [1.29, 1.82) is 0 Å². The van der Waals surface area contributed by atoms with Gasteiger partial charge in [0.2, 0.25) is 11.8 Å². The van der Waals surface area contributed by atoms with Crippen molar-refractivity contribution in [3.8, 4) is 5.75 Å². The maximum atomic E-state index is 12.1. The molecule has 0 aliphatic heterocycles. The van der Waals surface area contributed by atoms with Crippen LogP contribution in [0.3, 0.4) is 0 Å². The third-order valence-electron chi connectivity index (χ3n) is 3.98. The molecule has 0 bridgehead atoms. The summed E-state index contributed by atoms with van der Waals surface area (Å²) in [5.74, 6) is 2.63. The molecule has 0 saturated carbocycles. The molecule has 0 aliphatic carbocycles. The molecule has 0 saturated heterocycles. The second-order valence-electron chi connectivity index (χ2n) is 6.17. The Morgan fingerprint density at radius 2 is 2.07 bits per heavy atom. The number of amides is 1. The SMILES string of the molecule is CCCc1noc(CCC(=O)Nc2ccc(OCc3nccn3C)cc2)n1. The molecule has 0 aliphatic rings. The van der Waals surface area contributed by atoms with Gasteiger partial charge in [0, 0.05) is 44.4 Å². The highest BCUT2D eigenvalue weighted by atomic mass is 16.5. The Hall–Kier alpha value is -3.16. The zero-order valence-corrected chi connectivity index (χ0v) is 15.5. The molecule has 8 heteroatoms. The number of hydrogen-bond donors (Lipinski definition) is 1. The van der Waals surface area contributed by atoms with E-state index in [1.54, 1.807) is 18.3 Å². The molecule has 0 fully saturated rings. The van der Waals surface area contributed by atoms with Crippen molar-refractivity contribution in [1.82, 2.24) is 19.7 Å². The van der Waals surface area contributed by atoms with Crippen LogP contribution in [0.5, 0.6) is 5.75 Å². The maximum absolute atomic E-state index is 12.1. The van der Waals surface area contributed by atoms with Crippen molar-refractivity contribution in [2.45, 2.75) is 39.2 Å². The van der Waals surface area contributed by atoms with Crippen molar-refractivity contribution in [3.05, 3.63) is 54.2 Å². The average Bonchev–Trinajstić information content (AvgIpc) is 3.28. The van der Waals surface area contributed by atoms with Crippen molar-refractivity contribution in [2.24, 2.45) is 7.05 Å². The first kappa shape index (κ1) is 18.6. The number of hydrogen-bond acceptors (Lipinski definition) is 6. The Kier molecular flexibility index (Phi) is 6.19. The Morgan fingerprint density at radius 3 is 2.78 bits per heavy atom. The predicted octanol–water partition coefficient (Wildman–Crippen LogP) is 2.91. The van der Waals surface area contributed by atoms with Gasteiger partial charge in [-0.05, 0) is 30.7 Å². The summed E-state index contributed by atoms with van der Waals surface area (Å²) in [4.78, 5) is 20.5. The van der Waals surface area contributed by atoms with Crippen LogP contribution in [0.4, 0.5) is 5.69 Å². The number of nitrogens with one attached hydrogen (secondary N) is 1. The van der Waals surface area contributed by atoms with Crippen LogP contribution in [0.1, 0.15) is 37.3 Å². The van der Waals surface area contributed by atoms with E-state index in [9.17, 15) is 4.79 Å². The molecular weight excluding hydrogens is 346 g/mol. The van der Waals surface area contributed by atoms with Crippen LogP contribution in [0.15, 0.2) is 41.2 Å². The summed E-state index contributed by atoms with van der Waals surface area (Å²) >= 11 is 0. The van der Waals surface area contributed by atoms with Crippen LogP contribution in [0, 0.1) is 0 Å². The Morgan fingerprint density at radius 1 is 1.26 bits per heavy atom. The van der Waals surface area contributed by atoms with E-state index in [4.69, 9.17) is 9.26 Å². The molecule has 142 valence electrons. The number of imidazole rings is 1. The van der Waals surface area contributed by atoms with Crippen molar-refractivity contribution < 1.29 is 14.1 Å². The monoisotopic (exact) mass is 369 g/mol. The summed E-state index contributed by atoms with van der Waals surface area (Å²) in [6.07, 6.45) is 6.05. The molecule has 27 heavy (non-hydrogen) atoms. The summed E-state index contributed by atoms with van der Waals surface area (Å²) in [7, 11) is 1.92. The molecule has 0 unspecified atom stereocenters. The molecule has 1 N–H and O–H groups in total. The van der Waals surface area contributed by atoms with Gasteiger partial charge in [-0.25, -0.2) is 4.98 Å². The highest BCUT2D eigenvalue weighted by Gasteiger charge is 2.09. The lowest BCUT2D eigenvalue weighted by atomic mass is 10.2. The standard InChI is InChI=1S/C19H23N5O3/c1-3-4-16-22-19(27-23-16)10-9-18(25)21-14-5-7-15(8-6-14)26-13-17-20-11-12-24(17)2/h5-8,11-12H,3-4,9-10,13H2,1-2H3,(H,21,25). The molecule has 3 aromatic rings. The van der Waals surface area contributed by atoms with Crippen molar-refractivity contribution >= 4 is 11.6 Å². The average molecular weight is 369 g/mol. The van der Waals surface area contributed by atoms with Crippen LogP contribution in [0.25, 0.3) is 0 Å². The van der Waals surface area contributed by atoms with E-state index in [0.29, 0.717) is 36.2 Å². The highest BCUT2D eigenvalue weighted by Crippen LogP contribution is 2.17. The Bertz CT molecular complexity index is 870. The minimum absolute atomic E-state index is 0.105. The molecule has 8 nitrogen and oxygen atoms in total. The van der Waals surface area contributed by atoms with E-state index in [1.165, 1.54) is 0 Å². The molecule has 0 atom stereocenters. The predicted molar refractivity (Wildman–Crippen MR) is 99.2 cm³/mol. The summed E-state index contributed by atoms with van der Waals surface area (Å²) in [6, 6.07) is 7.23. The van der Waals surface area contributed by atoms with E-state index < -0.39 is 0 Å². The van der Waals surface area contributed by atoms with E-state index >= 15 is 0 Å². The highest BCUT2D eigenvalue weighted by molar-refractivity contribution is 5.90. The van der Waals surface area contributed by atoms with Crippen LogP contribution in [0.2, 0.25) is 0 Å². The maximum Gasteiger partial charge on any atom is 0.227 e. The van der Waals surface area contributed by atoms with Crippen LogP contribution < -0.4 is 10.1 Å². The number of nitrogens with zero attached hydrogens (tertiary/aromatic N) is 4. The number of rotatable bonds is 9. The number of anilines is 1. The molecule has 0 spiro atoms. The van der Waals surface area contributed by atoms with Gasteiger partial charge >= 0.3 is 0 Å². The van der Waals surface area contributed by atoms with Gasteiger partial charge in [0.15, 0.2) is 5.82 Å². The van der Waals surface area contributed by atoms with E-state index in [0.717, 1.165) is 18.7 Å². The molecule has 0 radical (unpaired) electrons. The first-order valence-electron chi connectivity index (χ1n) is 8.94. The van der Waals surface area contributed by atoms with E-state index in [-0.39, 0.29) is 12.3 Å². The zero-order chi connectivity index (χ0) is 19.1. The molecule has 1 aromatic carbocycles. The molecule has 1 amide bonds. The largest absolute Gasteiger partial charge is 0.486 e. The fourth-order valence-electron chi connectivity index (χ4n) is 2.48. The van der Waals surface area contributed by atoms with Gasteiger partial charge in [0.05, 0.1) is 0 Å². The van der Waals surface area contributed by atoms with Crippen molar-refractivity contribution in [2.75, 3.05) is 5.32 Å². The Labute approximate surface area is 157 Å². The van der Waals surface area contributed by atoms with E-state index in [2.05, 4.69) is 27.4 Å².